The van der Waals surface area contributed by atoms with Crippen LogP contribution in [0.25, 0.3) is 0 Å². The van der Waals surface area contributed by atoms with E-state index in [1.807, 2.05) is 0 Å². The third-order valence-electron chi connectivity index (χ3n) is 3.19. The predicted molar refractivity (Wildman–Crippen MR) is 93.9 cm³/mol. The van der Waals surface area contributed by atoms with Crippen molar-refractivity contribution in [1.82, 2.24) is 14.9 Å². The number of likely N-dealkylation sites (N-methyl/N-ethyl adjacent to an activating group) is 2. The van der Waals surface area contributed by atoms with Gasteiger partial charge in [-0.15, -0.1) is 0 Å². The number of benzene rings is 1. The van der Waals surface area contributed by atoms with Crippen LogP contribution in [0.4, 0.5) is 0 Å². The molecule has 0 saturated heterocycles. The minimum atomic E-state index is -3.77. The number of nitrogens with zero attached hydrogens (tertiary/aromatic N) is 1. The van der Waals surface area contributed by atoms with Gasteiger partial charge in [0.2, 0.25) is 15.9 Å². The number of nitrogens with one attached hydrogen (secondary N) is 2. The fourth-order valence-corrected chi connectivity index (χ4v) is 2.85. The van der Waals surface area contributed by atoms with E-state index in [1.54, 1.807) is 0 Å². The van der Waals surface area contributed by atoms with Gasteiger partial charge in [-0.25, -0.2) is 13.1 Å². The van der Waals surface area contributed by atoms with Crippen molar-refractivity contribution >= 4 is 39.4 Å². The Bertz CT molecular complexity index is 751. The number of hydrogen-bond donors (Lipinski definition) is 2. The highest BCUT2D eigenvalue weighted by atomic mass is 35.5. The van der Waals surface area contributed by atoms with Gasteiger partial charge in [-0.2, -0.15) is 0 Å². The van der Waals surface area contributed by atoms with Gasteiger partial charge in [-0.1, -0.05) is 11.6 Å². The first-order valence-corrected chi connectivity index (χ1v) is 9.37. The zero-order valence-electron chi connectivity index (χ0n) is 14.3. The molecule has 144 valence electrons. The van der Waals surface area contributed by atoms with E-state index in [4.69, 9.17) is 16.3 Å². The van der Waals surface area contributed by atoms with Crippen molar-refractivity contribution in [3.63, 3.8) is 0 Å². The highest BCUT2D eigenvalue weighted by molar-refractivity contribution is 7.89. The second-order valence-electron chi connectivity index (χ2n) is 5.19. The van der Waals surface area contributed by atoms with Gasteiger partial charge >= 0.3 is 5.97 Å². The largest absolute Gasteiger partial charge is 0.456 e. The zero-order valence-corrected chi connectivity index (χ0v) is 15.9. The maximum Gasteiger partial charge on any atom is 0.307 e. The normalized spacial score (nSPS) is 10.9. The molecule has 0 unspecified atom stereocenters. The van der Waals surface area contributed by atoms with E-state index in [9.17, 15) is 22.8 Å². The first-order chi connectivity index (χ1) is 12.2. The van der Waals surface area contributed by atoms with Gasteiger partial charge in [-0.05, 0) is 24.3 Å². The van der Waals surface area contributed by atoms with Gasteiger partial charge in [0.05, 0.1) is 17.9 Å². The van der Waals surface area contributed by atoms with Crippen molar-refractivity contribution in [3.05, 3.63) is 29.3 Å². The van der Waals surface area contributed by atoms with Crippen molar-refractivity contribution in [1.29, 1.82) is 0 Å². The van der Waals surface area contributed by atoms with Crippen LogP contribution in [-0.4, -0.2) is 64.9 Å². The lowest BCUT2D eigenvalue weighted by atomic mass is 10.4. The second-order valence-corrected chi connectivity index (χ2v) is 7.39. The fraction of sp³-hybridized carbons (Fsp3) is 0.400. The second kappa shape index (κ2) is 10.1. The van der Waals surface area contributed by atoms with Crippen LogP contribution < -0.4 is 10.0 Å². The Morgan fingerprint density at radius 2 is 1.81 bits per heavy atom. The van der Waals surface area contributed by atoms with E-state index in [1.165, 1.54) is 38.4 Å². The van der Waals surface area contributed by atoms with Gasteiger partial charge in [0.1, 0.15) is 0 Å². The predicted octanol–water partition coefficient (Wildman–Crippen LogP) is -0.244. The molecule has 0 fully saturated rings. The number of amides is 2. The quantitative estimate of drug-likeness (QED) is 0.546. The van der Waals surface area contributed by atoms with Crippen LogP contribution in [0.15, 0.2) is 29.2 Å². The molecule has 0 aliphatic rings. The molecule has 1 aromatic rings. The molecule has 1 rings (SSSR count). The monoisotopic (exact) mass is 405 g/mol. The summed E-state index contributed by atoms with van der Waals surface area (Å²) in [5.41, 5.74) is 0. The lowest BCUT2D eigenvalue weighted by Crippen LogP contribution is -2.39. The molecule has 2 N–H and O–H groups in total. The smallest absolute Gasteiger partial charge is 0.307 e. The van der Waals surface area contributed by atoms with Gasteiger partial charge in [-0.3, -0.25) is 14.4 Å². The standard InChI is InChI=1S/C15H20ClN3O6S/c1-17-13(20)9-19(2)14(21)10-25-15(22)7-8-18-26(23,24)12-5-3-11(16)4-6-12/h3-6,18H,7-10H2,1-2H3,(H,17,20). The van der Waals surface area contributed by atoms with Crippen LogP contribution in [0.2, 0.25) is 5.02 Å². The van der Waals surface area contributed by atoms with E-state index in [-0.39, 0.29) is 30.3 Å². The van der Waals surface area contributed by atoms with Crippen LogP contribution in [0.1, 0.15) is 6.42 Å². The van der Waals surface area contributed by atoms with E-state index < -0.39 is 28.5 Å². The lowest BCUT2D eigenvalue weighted by molar-refractivity contribution is -0.151. The average Bonchev–Trinajstić information content (AvgIpc) is 2.59. The summed E-state index contributed by atoms with van der Waals surface area (Å²) in [7, 11) is -0.939. The molecular formula is C15H20ClN3O6S. The van der Waals surface area contributed by atoms with E-state index in [0.29, 0.717) is 5.02 Å². The number of carbonyl (C=O) groups excluding carboxylic acids is 3. The van der Waals surface area contributed by atoms with Crippen LogP contribution in [-0.2, 0) is 29.1 Å². The van der Waals surface area contributed by atoms with E-state index >= 15 is 0 Å². The third kappa shape index (κ3) is 7.38. The van der Waals surface area contributed by atoms with Gasteiger partial charge in [0.25, 0.3) is 5.91 Å². The summed E-state index contributed by atoms with van der Waals surface area (Å²) in [6.07, 6.45) is -0.251. The molecule has 0 spiro atoms. The first kappa shape index (κ1) is 21.9. The minimum absolute atomic E-state index is 0.0151. The molecule has 0 radical (unpaired) electrons. The molecule has 26 heavy (non-hydrogen) atoms. The number of hydrogen-bond acceptors (Lipinski definition) is 6. The van der Waals surface area contributed by atoms with Crippen LogP contribution in [0, 0.1) is 0 Å². The summed E-state index contributed by atoms with van der Waals surface area (Å²) in [6.45, 7) is -0.879. The summed E-state index contributed by atoms with van der Waals surface area (Å²) in [4.78, 5) is 35.6. The number of sulfonamides is 1. The molecule has 9 nitrogen and oxygen atoms in total. The van der Waals surface area contributed by atoms with Crippen molar-refractivity contribution in [2.24, 2.45) is 0 Å². The van der Waals surface area contributed by atoms with Crippen LogP contribution >= 0.6 is 11.6 Å². The van der Waals surface area contributed by atoms with Crippen molar-refractivity contribution in [2.75, 3.05) is 33.8 Å². The summed E-state index contributed by atoms with van der Waals surface area (Å²) in [5, 5.41) is 2.76. The van der Waals surface area contributed by atoms with Crippen molar-refractivity contribution < 1.29 is 27.5 Å². The average molecular weight is 406 g/mol. The Morgan fingerprint density at radius 1 is 1.19 bits per heavy atom. The van der Waals surface area contributed by atoms with Crippen LogP contribution in [0.3, 0.4) is 0 Å². The Balaban J connectivity index is 2.37. The first-order valence-electron chi connectivity index (χ1n) is 7.51. The molecule has 1 aromatic carbocycles. The zero-order chi connectivity index (χ0) is 19.7. The Morgan fingerprint density at radius 3 is 2.38 bits per heavy atom. The SMILES string of the molecule is CNC(=O)CN(C)C(=O)COC(=O)CCNS(=O)(=O)c1ccc(Cl)cc1. The Labute approximate surface area is 156 Å². The molecule has 0 aliphatic carbocycles. The maximum absolute atomic E-state index is 12.0. The molecule has 2 amide bonds. The number of ether oxygens (including phenoxy) is 1. The highest BCUT2D eigenvalue weighted by Gasteiger charge is 2.16. The highest BCUT2D eigenvalue weighted by Crippen LogP contribution is 2.13. The number of carbonyl (C=O) groups is 3. The minimum Gasteiger partial charge on any atom is -0.456 e. The molecule has 0 aliphatic heterocycles. The number of rotatable bonds is 9. The molecule has 0 bridgehead atoms. The third-order valence-corrected chi connectivity index (χ3v) is 4.92. The summed E-state index contributed by atoms with van der Waals surface area (Å²) >= 11 is 5.70. The van der Waals surface area contributed by atoms with Gasteiger partial charge in [0.15, 0.2) is 6.61 Å². The molecular weight excluding hydrogens is 386 g/mol. The summed E-state index contributed by atoms with van der Waals surface area (Å²) in [6, 6.07) is 5.55. The number of esters is 1. The molecule has 0 aromatic heterocycles. The van der Waals surface area contributed by atoms with E-state index in [0.717, 1.165) is 4.90 Å². The summed E-state index contributed by atoms with van der Waals surface area (Å²) in [5.74, 6) is -1.65. The van der Waals surface area contributed by atoms with E-state index in [2.05, 4.69) is 10.0 Å². The topological polar surface area (TPSA) is 122 Å². The fourth-order valence-electron chi connectivity index (χ4n) is 1.69. The van der Waals surface area contributed by atoms with Crippen molar-refractivity contribution in [3.8, 4) is 0 Å². The molecule has 0 saturated carbocycles. The van der Waals surface area contributed by atoms with Crippen molar-refractivity contribution in [2.45, 2.75) is 11.3 Å². The maximum atomic E-state index is 12.0. The number of halogens is 1. The Hall–Kier alpha value is -2.17. The van der Waals surface area contributed by atoms with Gasteiger partial charge < -0.3 is 15.0 Å². The molecule has 0 atom stereocenters. The Kier molecular flexibility index (Phi) is 8.49. The summed E-state index contributed by atoms with van der Waals surface area (Å²) < 4.78 is 31.0. The molecule has 0 heterocycles. The van der Waals surface area contributed by atoms with Crippen LogP contribution in [0.5, 0.6) is 0 Å². The molecule has 11 heteroatoms. The van der Waals surface area contributed by atoms with Gasteiger partial charge in [0, 0.05) is 25.7 Å². The lowest BCUT2D eigenvalue weighted by Gasteiger charge is -2.15.